The van der Waals surface area contributed by atoms with Crippen molar-refractivity contribution >= 4 is 23.4 Å². The molecule has 86 valence electrons. The first kappa shape index (κ1) is 11.3. The summed E-state index contributed by atoms with van der Waals surface area (Å²) in [7, 11) is 0. The highest BCUT2D eigenvalue weighted by molar-refractivity contribution is 5.79. The molecule has 1 N–H and O–H groups in total. The summed E-state index contributed by atoms with van der Waals surface area (Å²) in [6.07, 6.45) is 0. The Morgan fingerprint density at radius 2 is 2.12 bits per heavy atom. The van der Waals surface area contributed by atoms with E-state index in [-0.39, 0.29) is 0 Å². The predicted octanol–water partition coefficient (Wildman–Crippen LogP) is 0.221. The van der Waals surface area contributed by atoms with Crippen LogP contribution < -0.4 is 15.6 Å². The third-order valence-corrected chi connectivity index (χ3v) is 2.83. The Hall–Kier alpha value is -2.15. The number of fused-ring (bicyclic) bond motifs is 1. The average molecular weight is 227 g/mol. The van der Waals surface area contributed by atoms with Gasteiger partial charge in [-0.3, -0.25) is 10.4 Å². The van der Waals surface area contributed by atoms with Gasteiger partial charge in [0.1, 0.15) is 0 Å². The number of benzene rings is 1. The summed E-state index contributed by atoms with van der Waals surface area (Å²) < 4.78 is 0. The number of rotatable bonds is 3. The fraction of sp³-hybridized carbons (Fsp3) is 0.308. The van der Waals surface area contributed by atoms with Gasteiger partial charge in [0.15, 0.2) is 10.9 Å². The lowest BCUT2D eigenvalue weighted by molar-refractivity contribution is 0.549. The molecule has 0 saturated carbocycles. The fourth-order valence-electron chi connectivity index (χ4n) is 1.88. The van der Waals surface area contributed by atoms with Gasteiger partial charge in [0.25, 0.3) is 0 Å². The van der Waals surface area contributed by atoms with Gasteiger partial charge in [0, 0.05) is 13.1 Å². The lowest BCUT2D eigenvalue weighted by Crippen LogP contribution is -2.41. The second-order valence-corrected chi connectivity index (χ2v) is 3.77. The lowest BCUT2D eigenvalue weighted by atomic mass is 10.2. The summed E-state index contributed by atoms with van der Waals surface area (Å²) in [4.78, 5) is 1.73. The van der Waals surface area contributed by atoms with Gasteiger partial charge in [0.2, 0.25) is 0 Å². The molecule has 1 aromatic carbocycles. The van der Waals surface area contributed by atoms with Gasteiger partial charge in [-0.05, 0) is 31.9 Å². The Kier molecular flexibility index (Phi) is 2.92. The van der Waals surface area contributed by atoms with E-state index in [4.69, 9.17) is 12.0 Å². The van der Waals surface area contributed by atoms with Gasteiger partial charge in [-0.25, -0.2) is 0 Å². The zero-order valence-electron chi connectivity index (χ0n) is 10.1. The molecule has 0 amide bonds. The smallest absolute Gasteiger partial charge is 0.293 e. The number of hydrogen-bond donors (Lipinski definition) is 1. The van der Waals surface area contributed by atoms with Crippen molar-refractivity contribution in [2.45, 2.75) is 13.8 Å². The molecule has 1 heterocycles. The highest BCUT2D eigenvalue weighted by Crippen LogP contribution is 2.03. The van der Waals surface area contributed by atoms with Crippen LogP contribution in [-0.2, 0) is 0 Å². The largest absolute Gasteiger partial charge is 0.305 e. The first-order chi connectivity index (χ1) is 8.21. The van der Waals surface area contributed by atoms with Crippen molar-refractivity contribution in [1.29, 1.82) is 5.41 Å². The van der Waals surface area contributed by atoms with Crippen LogP contribution in [0, 0.1) is 5.41 Å². The molecule has 2 aromatic rings. The Balaban J connectivity index is 2.73. The quantitative estimate of drug-likeness (QED) is 0.602. The van der Waals surface area contributed by atoms with Crippen LogP contribution in [0.1, 0.15) is 13.8 Å². The minimum atomic E-state index is 0.612. The molecule has 0 unspecified atom stereocenters. The molecule has 0 saturated heterocycles. The van der Waals surface area contributed by atoms with Crippen molar-refractivity contribution in [1.82, 2.24) is 9.89 Å². The average Bonchev–Trinajstić information content (AvgIpc) is 2.68. The summed E-state index contributed by atoms with van der Waals surface area (Å²) >= 11 is 0. The molecular formula is C13H15N4+. The highest BCUT2D eigenvalue weighted by atomic mass is 15.6. The summed E-state index contributed by atoms with van der Waals surface area (Å²) in [5.41, 5.74) is 0.841. The van der Waals surface area contributed by atoms with Crippen LogP contribution in [0.2, 0.25) is 0 Å². The van der Waals surface area contributed by atoms with E-state index < -0.39 is 0 Å². The molecule has 0 bridgehead atoms. The second-order valence-electron chi connectivity index (χ2n) is 3.77. The Bertz CT molecular complexity index is 661. The molecule has 0 spiro atoms. The van der Waals surface area contributed by atoms with Crippen LogP contribution in [0.3, 0.4) is 0 Å². The van der Waals surface area contributed by atoms with E-state index in [1.54, 1.807) is 4.79 Å². The molecule has 4 nitrogen and oxygen atoms in total. The molecule has 0 fully saturated rings. The molecule has 17 heavy (non-hydrogen) atoms. The number of nitrogens with one attached hydrogen (secondary N) is 1. The fourth-order valence-corrected chi connectivity index (χ4v) is 1.88. The van der Waals surface area contributed by atoms with Gasteiger partial charge >= 0.3 is 5.35 Å². The topological polar surface area (TPSA) is 44.9 Å². The summed E-state index contributed by atoms with van der Waals surface area (Å²) in [5, 5.41) is 15.8. The third kappa shape index (κ3) is 1.80. The maximum absolute atomic E-state index is 7.12. The van der Waals surface area contributed by atoms with Gasteiger partial charge in [-0.15, -0.1) is 9.89 Å². The number of aromatic nitrogens is 2. The minimum absolute atomic E-state index is 0.612. The van der Waals surface area contributed by atoms with Crippen LogP contribution in [0.5, 0.6) is 0 Å². The maximum Gasteiger partial charge on any atom is 0.305 e. The minimum Gasteiger partial charge on any atom is -0.293 e. The van der Waals surface area contributed by atoms with E-state index in [1.165, 1.54) is 0 Å². The summed E-state index contributed by atoms with van der Waals surface area (Å²) in [6, 6.07) is 5.52. The molecule has 0 atom stereocenters. The molecule has 0 aliphatic carbocycles. The van der Waals surface area contributed by atoms with Gasteiger partial charge < -0.3 is 0 Å². The SMILES string of the molecule is [CH+]=c1c2cc(=C=N)ccc2nn1N(CC)CC. The van der Waals surface area contributed by atoms with Crippen LogP contribution in [0.15, 0.2) is 18.2 Å². The summed E-state index contributed by atoms with van der Waals surface area (Å²) in [5.74, 6) is 2.36. The molecule has 2 rings (SSSR count). The Morgan fingerprint density at radius 1 is 1.41 bits per heavy atom. The van der Waals surface area contributed by atoms with E-state index in [0.29, 0.717) is 10.6 Å². The summed E-state index contributed by atoms with van der Waals surface area (Å²) in [6.45, 7) is 11.9. The van der Waals surface area contributed by atoms with Crippen LogP contribution in [0.25, 0.3) is 17.5 Å². The van der Waals surface area contributed by atoms with Gasteiger partial charge in [-0.2, -0.15) is 0 Å². The molecule has 0 aliphatic rings. The van der Waals surface area contributed by atoms with E-state index in [1.807, 2.05) is 23.2 Å². The van der Waals surface area contributed by atoms with E-state index in [0.717, 1.165) is 24.0 Å². The number of nitrogens with zero attached hydrogens (tertiary/aromatic N) is 3. The predicted molar refractivity (Wildman–Crippen MR) is 69.6 cm³/mol. The monoisotopic (exact) mass is 227 g/mol. The van der Waals surface area contributed by atoms with Crippen molar-refractivity contribution in [3.63, 3.8) is 0 Å². The molecule has 0 aliphatic heterocycles. The number of hydrogen-bond acceptors (Lipinski definition) is 3. The van der Waals surface area contributed by atoms with Gasteiger partial charge in [0.05, 0.1) is 17.9 Å². The lowest BCUT2D eigenvalue weighted by Gasteiger charge is -2.18. The second kappa shape index (κ2) is 4.38. The molecule has 1 aromatic heterocycles. The molecular weight excluding hydrogens is 212 g/mol. The van der Waals surface area contributed by atoms with Crippen LogP contribution >= 0.6 is 0 Å². The highest BCUT2D eigenvalue weighted by Gasteiger charge is 2.15. The van der Waals surface area contributed by atoms with Crippen LogP contribution in [0.4, 0.5) is 0 Å². The van der Waals surface area contributed by atoms with E-state index in [9.17, 15) is 0 Å². The maximum atomic E-state index is 7.12. The van der Waals surface area contributed by atoms with Crippen LogP contribution in [-0.4, -0.2) is 28.8 Å². The van der Waals surface area contributed by atoms with Crippen molar-refractivity contribution in [2.24, 2.45) is 0 Å². The van der Waals surface area contributed by atoms with Gasteiger partial charge in [-0.1, -0.05) is 0 Å². The Morgan fingerprint density at radius 3 is 2.71 bits per heavy atom. The van der Waals surface area contributed by atoms with Crippen molar-refractivity contribution in [3.05, 3.63) is 28.8 Å². The van der Waals surface area contributed by atoms with Crippen molar-refractivity contribution in [2.75, 3.05) is 18.1 Å². The molecule has 0 radical (unpaired) electrons. The molecule has 4 heteroatoms. The van der Waals surface area contributed by atoms with Crippen molar-refractivity contribution < 1.29 is 0 Å². The van der Waals surface area contributed by atoms with Crippen molar-refractivity contribution in [3.8, 4) is 0 Å². The Labute approximate surface area is 99.9 Å². The standard InChI is InChI=1S/C13H15N4/c1-4-16(5-2)17-10(3)12-8-11(9-14)6-7-13(12)15-17/h3,6-8,14H,4-5H2,1-2H3/q+1. The van der Waals surface area contributed by atoms with E-state index >= 15 is 0 Å². The zero-order valence-corrected chi connectivity index (χ0v) is 10.1. The zero-order chi connectivity index (χ0) is 12.4. The first-order valence-electron chi connectivity index (χ1n) is 5.67. The third-order valence-electron chi connectivity index (χ3n) is 2.83. The normalized spacial score (nSPS) is 10.4. The van der Waals surface area contributed by atoms with E-state index in [2.05, 4.69) is 24.8 Å². The first-order valence-corrected chi connectivity index (χ1v) is 5.67.